The van der Waals surface area contributed by atoms with Crippen LogP contribution in [0.1, 0.15) is 19.3 Å². The second-order valence-corrected chi connectivity index (χ2v) is 3.27. The van der Waals surface area contributed by atoms with Crippen LogP contribution < -0.4 is 0 Å². The first-order valence-corrected chi connectivity index (χ1v) is 3.80. The van der Waals surface area contributed by atoms with E-state index < -0.39 is 0 Å². The van der Waals surface area contributed by atoms with Gasteiger partial charge in [0, 0.05) is 0 Å². The molecule has 2 aliphatic rings. The second-order valence-electron chi connectivity index (χ2n) is 2.51. The van der Waals surface area contributed by atoms with Gasteiger partial charge in [-0.1, -0.05) is 23.2 Å². The molecule has 2 aliphatic carbocycles. The zero-order chi connectivity index (χ0) is 6.43. The third kappa shape index (κ3) is 0.667. The van der Waals surface area contributed by atoms with Crippen molar-refractivity contribution in [2.24, 2.45) is 0 Å². The fourth-order valence-electron chi connectivity index (χ4n) is 1.42. The molecular weight excluding hydrogens is 155 g/mol. The monoisotopic (exact) mass is 160 g/mol. The van der Waals surface area contributed by atoms with Crippen molar-refractivity contribution in [3.8, 4) is 0 Å². The summed E-state index contributed by atoms with van der Waals surface area (Å²) in [4.78, 5) is 0. The molecule has 9 heavy (non-hydrogen) atoms. The molecular formula is C7H6Cl2. The molecule has 0 unspecified atom stereocenters. The van der Waals surface area contributed by atoms with Crippen LogP contribution in [0.5, 0.6) is 0 Å². The van der Waals surface area contributed by atoms with Crippen molar-refractivity contribution in [3.05, 3.63) is 21.2 Å². The summed E-state index contributed by atoms with van der Waals surface area (Å²) in [5.74, 6) is 0. The molecule has 0 N–H and O–H groups in total. The van der Waals surface area contributed by atoms with Crippen LogP contribution >= 0.6 is 23.2 Å². The summed E-state index contributed by atoms with van der Waals surface area (Å²) in [6, 6.07) is 0. The summed E-state index contributed by atoms with van der Waals surface area (Å²) in [6.45, 7) is 0. The molecule has 0 saturated heterocycles. The molecule has 0 heterocycles. The number of rotatable bonds is 0. The summed E-state index contributed by atoms with van der Waals surface area (Å²) >= 11 is 11.7. The van der Waals surface area contributed by atoms with Crippen LogP contribution in [-0.4, -0.2) is 0 Å². The Kier molecular flexibility index (Phi) is 1.14. The van der Waals surface area contributed by atoms with Crippen molar-refractivity contribution in [2.75, 3.05) is 0 Å². The number of hydrogen-bond donors (Lipinski definition) is 0. The first-order valence-electron chi connectivity index (χ1n) is 3.04. The summed E-state index contributed by atoms with van der Waals surface area (Å²) in [7, 11) is 0. The van der Waals surface area contributed by atoms with Crippen LogP contribution in [0.15, 0.2) is 21.2 Å². The third-order valence-electron chi connectivity index (χ3n) is 1.97. The van der Waals surface area contributed by atoms with Gasteiger partial charge in [-0.3, -0.25) is 0 Å². The maximum atomic E-state index is 5.85. The van der Waals surface area contributed by atoms with E-state index in [0.29, 0.717) is 0 Å². The molecule has 0 aromatic heterocycles. The van der Waals surface area contributed by atoms with Gasteiger partial charge in [0.15, 0.2) is 0 Å². The first-order chi connectivity index (χ1) is 4.29. The highest BCUT2D eigenvalue weighted by atomic mass is 35.5. The van der Waals surface area contributed by atoms with E-state index in [4.69, 9.17) is 23.2 Å². The topological polar surface area (TPSA) is 0 Å². The van der Waals surface area contributed by atoms with E-state index >= 15 is 0 Å². The lowest BCUT2D eigenvalue weighted by Gasteiger charge is -2.00. The largest absolute Gasteiger partial charge is 0.0828 e. The van der Waals surface area contributed by atoms with Crippen molar-refractivity contribution in [3.63, 3.8) is 0 Å². The summed E-state index contributed by atoms with van der Waals surface area (Å²) in [6.07, 6.45) is 3.34. The third-order valence-corrected chi connectivity index (χ3v) is 2.98. The average molecular weight is 161 g/mol. The Labute approximate surface area is 64.1 Å². The number of halogens is 2. The second kappa shape index (κ2) is 1.77. The molecule has 0 aromatic rings. The van der Waals surface area contributed by atoms with Gasteiger partial charge in [0.2, 0.25) is 0 Å². The number of allylic oxidation sites excluding steroid dienone is 4. The average Bonchev–Trinajstić information content (AvgIpc) is 2.37. The lowest BCUT2D eigenvalue weighted by molar-refractivity contribution is 1.03. The van der Waals surface area contributed by atoms with Crippen molar-refractivity contribution >= 4 is 23.2 Å². The molecule has 0 atom stereocenters. The highest BCUT2D eigenvalue weighted by Gasteiger charge is 2.26. The van der Waals surface area contributed by atoms with Gasteiger partial charge in [0.25, 0.3) is 0 Å². The fourth-order valence-corrected chi connectivity index (χ4v) is 2.01. The van der Waals surface area contributed by atoms with Crippen LogP contribution in [0.25, 0.3) is 0 Å². The minimum Gasteiger partial charge on any atom is -0.0828 e. The van der Waals surface area contributed by atoms with Gasteiger partial charge in [-0.25, -0.2) is 0 Å². The molecule has 2 rings (SSSR count). The summed E-state index contributed by atoms with van der Waals surface area (Å²) in [5.41, 5.74) is 2.69. The van der Waals surface area contributed by atoms with Crippen LogP contribution in [0.4, 0.5) is 0 Å². The molecule has 0 spiro atoms. The van der Waals surface area contributed by atoms with Gasteiger partial charge < -0.3 is 0 Å². The Hall–Kier alpha value is 0.0600. The quantitative estimate of drug-likeness (QED) is 0.511. The molecule has 0 aliphatic heterocycles. The van der Waals surface area contributed by atoms with Gasteiger partial charge in [0.05, 0.1) is 10.1 Å². The van der Waals surface area contributed by atoms with Crippen LogP contribution in [-0.2, 0) is 0 Å². The van der Waals surface area contributed by atoms with Gasteiger partial charge in [-0.05, 0) is 30.4 Å². The SMILES string of the molecule is ClC1=C2CCC(=C1Cl)C2. The van der Waals surface area contributed by atoms with Crippen molar-refractivity contribution in [1.29, 1.82) is 0 Å². The molecule has 0 radical (unpaired) electrons. The van der Waals surface area contributed by atoms with Crippen LogP contribution in [0, 0.1) is 0 Å². The maximum absolute atomic E-state index is 5.85. The summed E-state index contributed by atoms with van der Waals surface area (Å²) in [5, 5.41) is 1.66. The first kappa shape index (κ1) is 5.82. The standard InChI is InChI=1S/C7H6Cl2/c8-6-4-1-2-5(3-4)7(6)9/h1-3H2. The van der Waals surface area contributed by atoms with Gasteiger partial charge in [-0.15, -0.1) is 0 Å². The predicted octanol–water partition coefficient (Wildman–Crippen LogP) is 3.17. The molecule has 2 bridgehead atoms. The maximum Gasteiger partial charge on any atom is 0.0587 e. The number of hydrogen-bond acceptors (Lipinski definition) is 0. The Morgan fingerprint density at radius 1 is 0.889 bits per heavy atom. The molecule has 0 aromatic carbocycles. The van der Waals surface area contributed by atoms with E-state index in [2.05, 4.69) is 0 Å². The lowest BCUT2D eigenvalue weighted by atomic mass is 10.2. The fraction of sp³-hybridized carbons (Fsp3) is 0.429. The molecule has 2 heteroatoms. The number of fused-ring (bicyclic) bond motifs is 2. The minimum absolute atomic E-state index is 0.831. The van der Waals surface area contributed by atoms with Gasteiger partial charge in [-0.2, -0.15) is 0 Å². The van der Waals surface area contributed by atoms with Crippen molar-refractivity contribution in [2.45, 2.75) is 19.3 Å². The van der Waals surface area contributed by atoms with E-state index in [-0.39, 0.29) is 0 Å². The molecule has 0 nitrogen and oxygen atoms in total. The minimum atomic E-state index is 0.831. The van der Waals surface area contributed by atoms with Crippen molar-refractivity contribution < 1.29 is 0 Å². The zero-order valence-corrected chi connectivity index (χ0v) is 6.39. The van der Waals surface area contributed by atoms with Gasteiger partial charge in [0.1, 0.15) is 0 Å². The Morgan fingerprint density at radius 2 is 1.33 bits per heavy atom. The highest BCUT2D eigenvalue weighted by molar-refractivity contribution is 6.45. The van der Waals surface area contributed by atoms with E-state index in [1.807, 2.05) is 0 Å². The Morgan fingerprint density at radius 3 is 1.56 bits per heavy atom. The lowest BCUT2D eigenvalue weighted by Crippen LogP contribution is -1.80. The molecule has 1 fully saturated rings. The van der Waals surface area contributed by atoms with Crippen LogP contribution in [0.3, 0.4) is 0 Å². The highest BCUT2D eigenvalue weighted by Crippen LogP contribution is 2.46. The zero-order valence-electron chi connectivity index (χ0n) is 4.88. The van der Waals surface area contributed by atoms with E-state index in [1.54, 1.807) is 0 Å². The summed E-state index contributed by atoms with van der Waals surface area (Å²) < 4.78 is 0. The Bertz CT molecular complexity index is 199. The molecule has 48 valence electrons. The Balaban J connectivity index is 2.52. The van der Waals surface area contributed by atoms with Gasteiger partial charge >= 0.3 is 0 Å². The predicted molar refractivity (Wildman–Crippen MR) is 39.6 cm³/mol. The smallest absolute Gasteiger partial charge is 0.0587 e. The van der Waals surface area contributed by atoms with Crippen molar-refractivity contribution in [1.82, 2.24) is 0 Å². The normalized spacial score (nSPS) is 24.7. The van der Waals surface area contributed by atoms with E-state index in [9.17, 15) is 0 Å². The molecule has 1 saturated carbocycles. The molecule has 0 amide bonds. The van der Waals surface area contributed by atoms with Crippen LogP contribution in [0.2, 0.25) is 0 Å². The van der Waals surface area contributed by atoms with E-state index in [0.717, 1.165) is 29.3 Å². The van der Waals surface area contributed by atoms with E-state index in [1.165, 1.54) is 11.1 Å².